The van der Waals surface area contributed by atoms with Gasteiger partial charge in [-0.25, -0.2) is 0 Å². The van der Waals surface area contributed by atoms with Crippen LogP contribution in [0.5, 0.6) is 0 Å². The number of likely N-dealkylation sites (tertiary alicyclic amines) is 1. The van der Waals surface area contributed by atoms with Gasteiger partial charge in [-0.15, -0.1) is 0 Å². The highest BCUT2D eigenvalue weighted by atomic mass is 16.5. The smallest absolute Gasteiger partial charge is 0.170 e. The van der Waals surface area contributed by atoms with Crippen molar-refractivity contribution in [2.45, 2.75) is 25.5 Å². The lowest BCUT2D eigenvalue weighted by Gasteiger charge is -2.31. The van der Waals surface area contributed by atoms with E-state index in [0.29, 0.717) is 6.10 Å². The molecule has 0 spiro atoms. The van der Waals surface area contributed by atoms with Crippen LogP contribution in [-0.4, -0.2) is 42.2 Å². The van der Waals surface area contributed by atoms with Crippen molar-refractivity contribution in [3.8, 4) is 0 Å². The largest absolute Gasteiger partial charge is 0.409 e. The number of rotatable bonds is 4. The summed E-state index contributed by atoms with van der Waals surface area (Å²) in [5, 5.41) is 11.7. The third-order valence-electron chi connectivity index (χ3n) is 3.53. The molecule has 1 aromatic rings. The van der Waals surface area contributed by atoms with E-state index in [1.165, 1.54) is 12.0 Å². The summed E-state index contributed by atoms with van der Waals surface area (Å²) in [5.41, 5.74) is 7.52. The number of ether oxygens (including phenoxy) is 1. The van der Waals surface area contributed by atoms with Gasteiger partial charge in [0.1, 0.15) is 0 Å². The molecule has 1 fully saturated rings. The standard InChI is InChI=1S/C14H21N3O2/c1-19-13-6-3-7-17(10-13)9-11-4-2-5-12(8-11)14(15)16-18/h2,4-5,8,13,18H,3,6-7,9-10H2,1H3,(H2,15,16). The van der Waals surface area contributed by atoms with Crippen molar-refractivity contribution in [2.75, 3.05) is 20.2 Å². The second-order valence-corrected chi connectivity index (χ2v) is 4.92. The molecule has 0 amide bonds. The SMILES string of the molecule is COC1CCCN(Cc2cccc(/C(N)=N/O)c2)C1. The third-order valence-corrected chi connectivity index (χ3v) is 3.53. The van der Waals surface area contributed by atoms with Gasteiger partial charge in [0.2, 0.25) is 0 Å². The molecular formula is C14H21N3O2. The van der Waals surface area contributed by atoms with Gasteiger partial charge in [-0.2, -0.15) is 0 Å². The van der Waals surface area contributed by atoms with Crippen LogP contribution in [0.1, 0.15) is 24.0 Å². The minimum absolute atomic E-state index is 0.148. The summed E-state index contributed by atoms with van der Waals surface area (Å²) in [6, 6.07) is 7.79. The summed E-state index contributed by atoms with van der Waals surface area (Å²) in [7, 11) is 1.77. The molecule has 5 heteroatoms. The van der Waals surface area contributed by atoms with E-state index in [-0.39, 0.29) is 5.84 Å². The van der Waals surface area contributed by atoms with E-state index in [9.17, 15) is 0 Å². The average molecular weight is 263 g/mol. The Kier molecular flexibility index (Phi) is 4.76. The topological polar surface area (TPSA) is 71.1 Å². The molecular weight excluding hydrogens is 242 g/mol. The van der Waals surface area contributed by atoms with Gasteiger partial charge < -0.3 is 15.7 Å². The van der Waals surface area contributed by atoms with Crippen LogP contribution >= 0.6 is 0 Å². The fourth-order valence-electron chi connectivity index (χ4n) is 2.49. The maximum Gasteiger partial charge on any atom is 0.170 e. The minimum atomic E-state index is 0.148. The molecule has 1 aliphatic heterocycles. The number of amidine groups is 1. The van der Waals surface area contributed by atoms with E-state index in [1.54, 1.807) is 7.11 Å². The zero-order valence-corrected chi connectivity index (χ0v) is 11.2. The first-order chi connectivity index (χ1) is 9.22. The molecule has 0 aliphatic carbocycles. The molecule has 2 rings (SSSR count). The van der Waals surface area contributed by atoms with Crippen molar-refractivity contribution in [1.29, 1.82) is 0 Å². The molecule has 1 heterocycles. The van der Waals surface area contributed by atoms with E-state index in [0.717, 1.165) is 31.6 Å². The highest BCUT2D eigenvalue weighted by Gasteiger charge is 2.19. The Labute approximate surface area is 113 Å². The Balaban J connectivity index is 2.02. The first-order valence-electron chi connectivity index (χ1n) is 6.55. The van der Waals surface area contributed by atoms with Crippen molar-refractivity contribution >= 4 is 5.84 Å². The number of nitrogens with zero attached hydrogens (tertiary/aromatic N) is 2. The summed E-state index contributed by atoms with van der Waals surface area (Å²) in [4.78, 5) is 2.38. The Morgan fingerprint density at radius 1 is 1.58 bits per heavy atom. The first-order valence-corrected chi connectivity index (χ1v) is 6.55. The van der Waals surface area contributed by atoms with Crippen LogP contribution in [0, 0.1) is 0 Å². The predicted molar refractivity (Wildman–Crippen MR) is 74.3 cm³/mol. The number of benzene rings is 1. The van der Waals surface area contributed by atoms with Gasteiger partial charge in [-0.1, -0.05) is 23.4 Å². The zero-order valence-electron chi connectivity index (χ0n) is 11.2. The number of methoxy groups -OCH3 is 1. The number of nitrogens with two attached hydrogens (primary N) is 1. The molecule has 1 atom stereocenters. The lowest BCUT2D eigenvalue weighted by Crippen LogP contribution is -2.38. The normalized spacial score (nSPS) is 21.5. The predicted octanol–water partition coefficient (Wildman–Crippen LogP) is 1.39. The van der Waals surface area contributed by atoms with Crippen LogP contribution in [0.4, 0.5) is 0 Å². The van der Waals surface area contributed by atoms with Gasteiger partial charge in [0.25, 0.3) is 0 Å². The van der Waals surface area contributed by atoms with Crippen LogP contribution < -0.4 is 5.73 Å². The molecule has 1 aromatic carbocycles. The minimum Gasteiger partial charge on any atom is -0.409 e. The Morgan fingerprint density at radius 3 is 3.16 bits per heavy atom. The summed E-state index contributed by atoms with van der Waals surface area (Å²) < 4.78 is 5.42. The van der Waals surface area contributed by atoms with Gasteiger partial charge in [-0.3, -0.25) is 4.90 Å². The molecule has 3 N–H and O–H groups in total. The quantitative estimate of drug-likeness (QED) is 0.373. The maximum atomic E-state index is 8.70. The second-order valence-electron chi connectivity index (χ2n) is 4.92. The van der Waals surface area contributed by atoms with Gasteiger partial charge in [-0.05, 0) is 31.0 Å². The van der Waals surface area contributed by atoms with E-state index < -0.39 is 0 Å². The lowest BCUT2D eigenvalue weighted by atomic mass is 10.1. The zero-order chi connectivity index (χ0) is 13.7. The number of hydrogen-bond donors (Lipinski definition) is 2. The fourth-order valence-corrected chi connectivity index (χ4v) is 2.49. The third kappa shape index (κ3) is 3.68. The van der Waals surface area contributed by atoms with E-state index in [1.807, 2.05) is 18.2 Å². The molecule has 0 bridgehead atoms. The molecule has 1 aliphatic rings. The van der Waals surface area contributed by atoms with Crippen molar-refractivity contribution in [3.63, 3.8) is 0 Å². The summed E-state index contributed by atoms with van der Waals surface area (Å²) in [5.74, 6) is 0.148. The summed E-state index contributed by atoms with van der Waals surface area (Å²) >= 11 is 0. The Bertz CT molecular complexity index is 448. The van der Waals surface area contributed by atoms with E-state index in [4.69, 9.17) is 15.7 Å². The van der Waals surface area contributed by atoms with Crippen molar-refractivity contribution < 1.29 is 9.94 Å². The second kappa shape index (κ2) is 6.54. The summed E-state index contributed by atoms with van der Waals surface area (Å²) in [6.07, 6.45) is 2.64. The Morgan fingerprint density at radius 2 is 2.42 bits per heavy atom. The Hall–Kier alpha value is -1.59. The van der Waals surface area contributed by atoms with Crippen molar-refractivity contribution in [1.82, 2.24) is 4.90 Å². The van der Waals surface area contributed by atoms with Gasteiger partial charge in [0.15, 0.2) is 5.84 Å². The highest BCUT2D eigenvalue weighted by Crippen LogP contribution is 2.16. The van der Waals surface area contributed by atoms with Crippen LogP contribution in [0.3, 0.4) is 0 Å². The maximum absolute atomic E-state index is 8.70. The van der Waals surface area contributed by atoms with Gasteiger partial charge in [0, 0.05) is 25.8 Å². The average Bonchev–Trinajstić information content (AvgIpc) is 2.47. The lowest BCUT2D eigenvalue weighted by molar-refractivity contribution is 0.0285. The van der Waals surface area contributed by atoms with Crippen LogP contribution in [-0.2, 0) is 11.3 Å². The molecule has 5 nitrogen and oxygen atoms in total. The molecule has 0 aromatic heterocycles. The van der Waals surface area contributed by atoms with Gasteiger partial charge >= 0.3 is 0 Å². The molecule has 1 unspecified atom stereocenters. The number of oxime groups is 1. The molecule has 1 saturated heterocycles. The van der Waals surface area contributed by atoms with Crippen LogP contribution in [0.25, 0.3) is 0 Å². The van der Waals surface area contributed by atoms with E-state index in [2.05, 4.69) is 16.1 Å². The monoisotopic (exact) mass is 263 g/mol. The van der Waals surface area contributed by atoms with Crippen molar-refractivity contribution in [3.05, 3.63) is 35.4 Å². The molecule has 0 radical (unpaired) electrons. The van der Waals surface area contributed by atoms with Crippen molar-refractivity contribution in [2.24, 2.45) is 10.9 Å². The molecule has 0 saturated carbocycles. The van der Waals surface area contributed by atoms with E-state index >= 15 is 0 Å². The van der Waals surface area contributed by atoms with Gasteiger partial charge in [0.05, 0.1) is 6.10 Å². The number of hydrogen-bond acceptors (Lipinski definition) is 4. The summed E-state index contributed by atoms with van der Waals surface area (Å²) in [6.45, 7) is 2.92. The fraction of sp³-hybridized carbons (Fsp3) is 0.500. The molecule has 104 valence electrons. The highest BCUT2D eigenvalue weighted by molar-refractivity contribution is 5.97. The van der Waals surface area contributed by atoms with Crippen LogP contribution in [0.15, 0.2) is 29.4 Å². The first kappa shape index (κ1) is 13.8. The molecule has 19 heavy (non-hydrogen) atoms. The number of piperidine rings is 1. The van der Waals surface area contributed by atoms with Crippen LogP contribution in [0.2, 0.25) is 0 Å².